The highest BCUT2D eigenvalue weighted by molar-refractivity contribution is 7.89. The number of hydrogen-bond donors (Lipinski definition) is 2. The molecule has 0 amide bonds. The molecular weight excluding hydrogens is 300 g/mol. The number of sulfonamides is 1. The Labute approximate surface area is 121 Å². The molecule has 2 aromatic rings. The number of aliphatic hydroxyl groups excluding tert-OH is 1. The molecule has 1 atom stereocenters. The van der Waals surface area contributed by atoms with Crippen LogP contribution in [0.4, 0.5) is 8.78 Å². The fraction of sp³-hybridized carbons (Fsp3) is 0.143. The summed E-state index contributed by atoms with van der Waals surface area (Å²) in [7, 11) is -4.22. The van der Waals surface area contributed by atoms with E-state index in [1.165, 1.54) is 0 Å². The van der Waals surface area contributed by atoms with Crippen molar-refractivity contribution in [1.29, 1.82) is 0 Å². The lowest BCUT2D eigenvalue weighted by Crippen LogP contribution is -2.31. The highest BCUT2D eigenvalue weighted by atomic mass is 32.2. The van der Waals surface area contributed by atoms with Crippen molar-refractivity contribution in [3.63, 3.8) is 0 Å². The fourth-order valence-electron chi connectivity index (χ4n) is 1.84. The summed E-state index contributed by atoms with van der Waals surface area (Å²) in [5.41, 5.74) is 0.533. The summed E-state index contributed by atoms with van der Waals surface area (Å²) in [4.78, 5) is -0.668. The molecule has 0 aliphatic heterocycles. The number of benzene rings is 2. The Bertz CT molecular complexity index is 720. The number of rotatable bonds is 5. The summed E-state index contributed by atoms with van der Waals surface area (Å²) in [6.07, 6.45) is 0. The standard InChI is InChI=1S/C14H13F2NO3S/c15-11-6-7-14(12(16)8-11)21(19,20)17-13(9-18)10-4-2-1-3-5-10/h1-8,13,17-18H,9H2/t13-/m1/s1. The zero-order valence-corrected chi connectivity index (χ0v) is 11.6. The predicted molar refractivity (Wildman–Crippen MR) is 72.9 cm³/mol. The van der Waals surface area contributed by atoms with Crippen molar-refractivity contribution in [3.8, 4) is 0 Å². The van der Waals surface area contributed by atoms with Gasteiger partial charge in [0, 0.05) is 6.07 Å². The van der Waals surface area contributed by atoms with Crippen molar-refractivity contribution in [3.05, 3.63) is 65.7 Å². The van der Waals surface area contributed by atoms with Crippen LogP contribution >= 0.6 is 0 Å². The van der Waals surface area contributed by atoms with E-state index in [1.807, 2.05) is 0 Å². The van der Waals surface area contributed by atoms with E-state index in [1.54, 1.807) is 30.3 Å². The van der Waals surface area contributed by atoms with Gasteiger partial charge >= 0.3 is 0 Å². The minimum Gasteiger partial charge on any atom is -0.394 e. The smallest absolute Gasteiger partial charge is 0.244 e. The minimum absolute atomic E-state index is 0.491. The summed E-state index contributed by atoms with van der Waals surface area (Å²) in [5, 5.41) is 9.32. The van der Waals surface area contributed by atoms with Crippen LogP contribution in [0, 0.1) is 11.6 Å². The van der Waals surface area contributed by atoms with Crippen molar-refractivity contribution in [2.75, 3.05) is 6.61 Å². The summed E-state index contributed by atoms with van der Waals surface area (Å²) >= 11 is 0. The number of halogens is 2. The Balaban J connectivity index is 2.32. The van der Waals surface area contributed by atoms with Crippen molar-refractivity contribution < 1.29 is 22.3 Å². The topological polar surface area (TPSA) is 66.4 Å². The number of nitrogens with one attached hydrogen (secondary N) is 1. The van der Waals surface area contributed by atoms with E-state index in [-0.39, 0.29) is 0 Å². The molecular formula is C14H13F2NO3S. The van der Waals surface area contributed by atoms with Crippen LogP contribution in [-0.4, -0.2) is 20.1 Å². The summed E-state index contributed by atoms with van der Waals surface area (Å²) in [6, 6.07) is 9.64. The first kappa shape index (κ1) is 15.6. The molecule has 0 aliphatic rings. The molecule has 0 fully saturated rings. The molecule has 7 heteroatoms. The molecule has 0 aliphatic carbocycles. The molecule has 0 aromatic heterocycles. The Morgan fingerprint density at radius 1 is 1.10 bits per heavy atom. The van der Waals surface area contributed by atoms with Gasteiger partial charge in [-0.2, -0.15) is 0 Å². The summed E-state index contributed by atoms with van der Waals surface area (Å²) in [5.74, 6) is -2.06. The molecule has 2 rings (SSSR count). The van der Waals surface area contributed by atoms with Crippen LogP contribution in [-0.2, 0) is 10.0 Å². The van der Waals surface area contributed by atoms with Gasteiger partial charge in [-0.15, -0.1) is 0 Å². The Morgan fingerprint density at radius 3 is 2.33 bits per heavy atom. The van der Waals surface area contributed by atoms with E-state index >= 15 is 0 Å². The van der Waals surface area contributed by atoms with Crippen LogP contribution in [0.2, 0.25) is 0 Å². The lowest BCUT2D eigenvalue weighted by Gasteiger charge is -2.17. The Hall–Kier alpha value is -1.83. The van der Waals surface area contributed by atoms with Crippen LogP contribution < -0.4 is 4.72 Å². The average molecular weight is 313 g/mol. The minimum atomic E-state index is -4.22. The maximum atomic E-state index is 13.6. The van der Waals surface area contributed by atoms with E-state index < -0.39 is 39.2 Å². The quantitative estimate of drug-likeness (QED) is 0.887. The van der Waals surface area contributed by atoms with Crippen molar-refractivity contribution >= 4 is 10.0 Å². The molecule has 0 saturated carbocycles. The maximum absolute atomic E-state index is 13.6. The number of hydrogen-bond acceptors (Lipinski definition) is 3. The van der Waals surface area contributed by atoms with Crippen LogP contribution in [0.5, 0.6) is 0 Å². The molecule has 0 radical (unpaired) electrons. The second-order valence-electron chi connectivity index (χ2n) is 4.34. The van der Waals surface area contributed by atoms with Gasteiger partial charge in [0.25, 0.3) is 0 Å². The van der Waals surface area contributed by atoms with Gasteiger partial charge in [-0.25, -0.2) is 21.9 Å². The van der Waals surface area contributed by atoms with Crippen LogP contribution in [0.3, 0.4) is 0 Å². The van der Waals surface area contributed by atoms with E-state index in [0.717, 1.165) is 12.1 Å². The predicted octanol–water partition coefficient (Wildman–Crippen LogP) is 1.98. The molecule has 4 nitrogen and oxygen atoms in total. The first-order chi connectivity index (χ1) is 9.94. The molecule has 0 saturated heterocycles. The highest BCUT2D eigenvalue weighted by Gasteiger charge is 2.24. The van der Waals surface area contributed by atoms with Gasteiger partial charge in [0.2, 0.25) is 10.0 Å². The molecule has 2 N–H and O–H groups in total. The molecule has 112 valence electrons. The van der Waals surface area contributed by atoms with Gasteiger partial charge in [0.1, 0.15) is 16.5 Å². The summed E-state index contributed by atoms with van der Waals surface area (Å²) < 4.78 is 52.9. The molecule has 0 bridgehead atoms. The van der Waals surface area contributed by atoms with Gasteiger partial charge in [0.15, 0.2) is 0 Å². The van der Waals surface area contributed by atoms with E-state index in [9.17, 15) is 22.3 Å². The van der Waals surface area contributed by atoms with Crippen molar-refractivity contribution in [2.45, 2.75) is 10.9 Å². The van der Waals surface area contributed by atoms with E-state index in [4.69, 9.17) is 0 Å². The molecule has 0 spiro atoms. The fourth-order valence-corrected chi connectivity index (χ4v) is 3.11. The lowest BCUT2D eigenvalue weighted by molar-refractivity contribution is 0.258. The molecule has 21 heavy (non-hydrogen) atoms. The van der Waals surface area contributed by atoms with Gasteiger partial charge in [0.05, 0.1) is 12.6 Å². The molecule has 0 heterocycles. The maximum Gasteiger partial charge on any atom is 0.244 e. The highest BCUT2D eigenvalue weighted by Crippen LogP contribution is 2.19. The van der Waals surface area contributed by atoms with E-state index in [2.05, 4.69) is 4.72 Å². The first-order valence-electron chi connectivity index (χ1n) is 6.07. The average Bonchev–Trinajstić information content (AvgIpc) is 2.45. The van der Waals surface area contributed by atoms with Gasteiger partial charge < -0.3 is 5.11 Å². The normalized spacial score (nSPS) is 13.1. The van der Waals surface area contributed by atoms with Crippen LogP contribution in [0.25, 0.3) is 0 Å². The lowest BCUT2D eigenvalue weighted by atomic mass is 10.1. The van der Waals surface area contributed by atoms with Gasteiger partial charge in [-0.05, 0) is 17.7 Å². The largest absolute Gasteiger partial charge is 0.394 e. The molecule has 0 unspecified atom stereocenters. The van der Waals surface area contributed by atoms with Gasteiger partial charge in [-0.1, -0.05) is 30.3 Å². The number of aliphatic hydroxyl groups is 1. The summed E-state index contributed by atoms with van der Waals surface area (Å²) in [6.45, 7) is -0.494. The second kappa shape index (κ2) is 6.30. The second-order valence-corrected chi connectivity index (χ2v) is 6.02. The monoisotopic (exact) mass is 313 g/mol. The SMILES string of the molecule is O=S(=O)(N[C@H](CO)c1ccccc1)c1ccc(F)cc1F. The molecule has 2 aromatic carbocycles. The van der Waals surface area contributed by atoms with Gasteiger partial charge in [-0.3, -0.25) is 0 Å². The third-order valence-corrected chi connectivity index (χ3v) is 4.37. The van der Waals surface area contributed by atoms with Crippen LogP contribution in [0.15, 0.2) is 53.4 Å². The zero-order chi connectivity index (χ0) is 15.5. The third-order valence-electron chi connectivity index (χ3n) is 2.87. The third kappa shape index (κ3) is 3.63. The van der Waals surface area contributed by atoms with Crippen LogP contribution in [0.1, 0.15) is 11.6 Å². The zero-order valence-electron chi connectivity index (χ0n) is 10.8. The van der Waals surface area contributed by atoms with Crippen molar-refractivity contribution in [2.24, 2.45) is 0 Å². The van der Waals surface area contributed by atoms with Crippen molar-refractivity contribution in [1.82, 2.24) is 4.72 Å². The Morgan fingerprint density at radius 2 is 1.76 bits per heavy atom. The first-order valence-corrected chi connectivity index (χ1v) is 7.55. The Kier molecular flexibility index (Phi) is 4.66. The van der Waals surface area contributed by atoms with E-state index in [0.29, 0.717) is 11.6 Å².